The van der Waals surface area contributed by atoms with Gasteiger partial charge in [-0.05, 0) is 36.3 Å². The second kappa shape index (κ2) is 9.79. The largest absolute Gasteiger partial charge is 0.348 e. The number of benzene rings is 1. The first-order valence-electron chi connectivity index (χ1n) is 9.51. The van der Waals surface area contributed by atoms with Crippen LogP contribution in [0.25, 0.3) is 0 Å². The summed E-state index contributed by atoms with van der Waals surface area (Å²) in [6.07, 6.45) is 4.13. The molecular weight excluding hydrogens is 366 g/mol. The van der Waals surface area contributed by atoms with Crippen LogP contribution in [-0.4, -0.2) is 36.8 Å². The van der Waals surface area contributed by atoms with Gasteiger partial charge in [-0.2, -0.15) is 0 Å². The number of sulfone groups is 1. The predicted octanol–water partition coefficient (Wildman–Crippen LogP) is 3.76. The number of amides is 1. The molecule has 4 nitrogen and oxygen atoms in total. The van der Waals surface area contributed by atoms with Crippen LogP contribution in [0.3, 0.4) is 0 Å². The lowest BCUT2D eigenvalue weighted by atomic mass is 9.94. The lowest BCUT2D eigenvalue weighted by Gasteiger charge is -2.23. The molecule has 26 heavy (non-hydrogen) atoms. The van der Waals surface area contributed by atoms with Gasteiger partial charge in [0.25, 0.3) is 0 Å². The number of carbonyl (C=O) groups excluding carboxylic acids is 1. The first kappa shape index (κ1) is 21.3. The van der Waals surface area contributed by atoms with Gasteiger partial charge < -0.3 is 5.32 Å². The number of nitrogens with one attached hydrogen (secondary N) is 1. The average molecular weight is 398 g/mol. The molecule has 0 bridgehead atoms. The quantitative estimate of drug-likeness (QED) is 0.689. The van der Waals surface area contributed by atoms with Crippen molar-refractivity contribution < 1.29 is 13.2 Å². The van der Waals surface area contributed by atoms with Crippen molar-refractivity contribution in [3.63, 3.8) is 0 Å². The van der Waals surface area contributed by atoms with E-state index in [0.29, 0.717) is 12.2 Å². The van der Waals surface area contributed by atoms with Gasteiger partial charge in [-0.1, -0.05) is 51.5 Å². The van der Waals surface area contributed by atoms with Crippen molar-refractivity contribution in [2.45, 2.75) is 57.7 Å². The predicted molar refractivity (Wildman–Crippen MR) is 110 cm³/mol. The zero-order valence-corrected chi connectivity index (χ0v) is 17.7. The lowest BCUT2D eigenvalue weighted by Crippen LogP contribution is -2.33. The third-order valence-corrected chi connectivity index (χ3v) is 8.06. The van der Waals surface area contributed by atoms with Crippen LogP contribution in [0.2, 0.25) is 0 Å². The van der Waals surface area contributed by atoms with E-state index in [1.807, 2.05) is 0 Å². The van der Waals surface area contributed by atoms with Gasteiger partial charge in [0.2, 0.25) is 5.91 Å². The number of aryl methyl sites for hydroxylation is 1. The maximum atomic E-state index is 12.4. The summed E-state index contributed by atoms with van der Waals surface area (Å²) in [4.78, 5) is 12.4. The van der Waals surface area contributed by atoms with Gasteiger partial charge in [0.1, 0.15) is 0 Å². The molecule has 1 aromatic carbocycles. The number of hydrogen-bond donors (Lipinski definition) is 1. The molecule has 1 heterocycles. The van der Waals surface area contributed by atoms with Crippen molar-refractivity contribution in [1.29, 1.82) is 0 Å². The SMILES string of the molecule is CCCCc1ccc(C(NC(=O)CSC2CCS(=O)(=O)C2)C(C)C)cc1. The lowest BCUT2D eigenvalue weighted by molar-refractivity contribution is -0.119. The van der Waals surface area contributed by atoms with Crippen molar-refractivity contribution in [1.82, 2.24) is 5.32 Å². The van der Waals surface area contributed by atoms with E-state index in [0.717, 1.165) is 12.0 Å². The Kier molecular flexibility index (Phi) is 8.02. The highest BCUT2D eigenvalue weighted by molar-refractivity contribution is 8.02. The summed E-state index contributed by atoms with van der Waals surface area (Å²) < 4.78 is 23.0. The Morgan fingerprint density at radius 2 is 1.96 bits per heavy atom. The maximum absolute atomic E-state index is 12.4. The van der Waals surface area contributed by atoms with E-state index in [1.165, 1.54) is 30.2 Å². The van der Waals surface area contributed by atoms with Crippen LogP contribution in [0.1, 0.15) is 57.2 Å². The van der Waals surface area contributed by atoms with Crippen LogP contribution >= 0.6 is 11.8 Å². The molecule has 2 rings (SSSR count). The van der Waals surface area contributed by atoms with Crippen molar-refractivity contribution in [2.24, 2.45) is 5.92 Å². The highest BCUT2D eigenvalue weighted by Gasteiger charge is 2.29. The molecule has 1 aliphatic rings. The van der Waals surface area contributed by atoms with Gasteiger partial charge in [-0.3, -0.25) is 4.79 Å². The molecule has 2 atom stereocenters. The number of rotatable bonds is 9. The fourth-order valence-corrected chi connectivity index (χ4v) is 6.66. The molecule has 1 N–H and O–H groups in total. The normalized spacial score (nSPS) is 20.2. The smallest absolute Gasteiger partial charge is 0.230 e. The monoisotopic (exact) mass is 397 g/mol. The van der Waals surface area contributed by atoms with Gasteiger partial charge >= 0.3 is 0 Å². The van der Waals surface area contributed by atoms with Crippen LogP contribution in [0.4, 0.5) is 0 Å². The summed E-state index contributed by atoms with van der Waals surface area (Å²) in [6.45, 7) is 6.40. The summed E-state index contributed by atoms with van der Waals surface area (Å²) in [5.74, 6) is 1.05. The topological polar surface area (TPSA) is 63.2 Å². The number of carbonyl (C=O) groups is 1. The molecule has 1 amide bonds. The Labute approximate surface area is 162 Å². The Morgan fingerprint density at radius 1 is 1.27 bits per heavy atom. The number of hydrogen-bond acceptors (Lipinski definition) is 4. The Hall–Kier alpha value is -1.01. The van der Waals surface area contributed by atoms with E-state index in [1.54, 1.807) is 0 Å². The summed E-state index contributed by atoms with van der Waals surface area (Å²) in [5, 5.41) is 3.19. The highest BCUT2D eigenvalue weighted by Crippen LogP contribution is 2.26. The minimum Gasteiger partial charge on any atom is -0.348 e. The molecule has 6 heteroatoms. The third kappa shape index (κ3) is 6.62. The molecule has 2 unspecified atom stereocenters. The van der Waals surface area contributed by atoms with Crippen LogP contribution in [0, 0.1) is 5.92 Å². The molecule has 1 fully saturated rings. The zero-order chi connectivity index (χ0) is 19.2. The third-order valence-electron chi connectivity index (χ3n) is 4.78. The van der Waals surface area contributed by atoms with E-state index >= 15 is 0 Å². The Morgan fingerprint density at radius 3 is 2.50 bits per heavy atom. The van der Waals surface area contributed by atoms with E-state index in [2.05, 4.69) is 50.4 Å². The maximum Gasteiger partial charge on any atom is 0.230 e. The van der Waals surface area contributed by atoms with Crippen molar-refractivity contribution in [2.75, 3.05) is 17.3 Å². The number of unbranched alkanes of at least 4 members (excludes halogenated alkanes) is 1. The number of thioether (sulfide) groups is 1. The minimum absolute atomic E-state index is 0.0179. The first-order valence-corrected chi connectivity index (χ1v) is 12.4. The van der Waals surface area contributed by atoms with Crippen LogP contribution in [0.15, 0.2) is 24.3 Å². The average Bonchev–Trinajstić information content (AvgIpc) is 2.95. The van der Waals surface area contributed by atoms with Crippen molar-refractivity contribution >= 4 is 27.5 Å². The molecule has 1 aliphatic heterocycles. The fourth-order valence-electron chi connectivity index (χ4n) is 3.21. The fraction of sp³-hybridized carbons (Fsp3) is 0.650. The summed E-state index contributed by atoms with van der Waals surface area (Å²) >= 11 is 1.46. The Bertz CT molecular complexity index is 684. The summed E-state index contributed by atoms with van der Waals surface area (Å²) in [5.41, 5.74) is 2.46. The van der Waals surface area contributed by atoms with E-state index in [4.69, 9.17) is 0 Å². The summed E-state index contributed by atoms with van der Waals surface area (Å²) in [6, 6.07) is 8.53. The van der Waals surface area contributed by atoms with Crippen molar-refractivity contribution in [3.05, 3.63) is 35.4 Å². The minimum atomic E-state index is -2.89. The van der Waals surface area contributed by atoms with Gasteiger partial charge in [-0.25, -0.2) is 8.42 Å². The van der Waals surface area contributed by atoms with Crippen molar-refractivity contribution in [3.8, 4) is 0 Å². The zero-order valence-electron chi connectivity index (χ0n) is 16.0. The molecular formula is C20H31NO3S2. The standard InChI is InChI=1S/C20H31NO3S2/c1-4-5-6-16-7-9-17(10-8-16)20(15(2)3)21-19(22)13-25-18-11-12-26(23,24)14-18/h7-10,15,18,20H,4-6,11-14H2,1-3H3,(H,21,22). The van der Waals surface area contributed by atoms with Gasteiger partial charge in [0.05, 0.1) is 23.3 Å². The Balaban J connectivity index is 1.89. The molecule has 0 aliphatic carbocycles. The molecule has 1 saturated heterocycles. The molecule has 146 valence electrons. The molecule has 1 aromatic rings. The first-order chi connectivity index (χ1) is 12.3. The van der Waals surface area contributed by atoms with E-state index in [-0.39, 0.29) is 34.6 Å². The second-order valence-electron chi connectivity index (χ2n) is 7.47. The van der Waals surface area contributed by atoms with E-state index in [9.17, 15) is 13.2 Å². The van der Waals surface area contributed by atoms with Gasteiger partial charge in [0, 0.05) is 5.25 Å². The molecule has 0 saturated carbocycles. The van der Waals surface area contributed by atoms with Gasteiger partial charge in [0.15, 0.2) is 9.84 Å². The molecule has 0 spiro atoms. The van der Waals surface area contributed by atoms with E-state index < -0.39 is 9.84 Å². The summed E-state index contributed by atoms with van der Waals surface area (Å²) in [7, 11) is -2.89. The highest BCUT2D eigenvalue weighted by atomic mass is 32.2. The van der Waals surface area contributed by atoms with Crippen LogP contribution in [0.5, 0.6) is 0 Å². The van der Waals surface area contributed by atoms with Crippen LogP contribution < -0.4 is 5.32 Å². The second-order valence-corrected chi connectivity index (χ2v) is 11.0. The van der Waals surface area contributed by atoms with Crippen LogP contribution in [-0.2, 0) is 21.1 Å². The molecule has 0 aromatic heterocycles. The molecule has 0 radical (unpaired) electrons. The van der Waals surface area contributed by atoms with Gasteiger partial charge in [-0.15, -0.1) is 11.8 Å².